The third-order valence-electron chi connectivity index (χ3n) is 3.25. The monoisotopic (exact) mass is 292 g/mol. The molecule has 0 aliphatic carbocycles. The van der Waals surface area contributed by atoms with E-state index in [0.717, 1.165) is 12.8 Å². The highest BCUT2D eigenvalue weighted by molar-refractivity contribution is 5.40. The van der Waals surface area contributed by atoms with E-state index in [9.17, 15) is 4.39 Å². The first-order valence-corrected chi connectivity index (χ1v) is 7.80. The molecule has 3 heteroatoms. The Balaban J connectivity index is 2.28. The number of ether oxygens (including phenoxy) is 1. The molecule has 1 aromatic rings. The van der Waals surface area contributed by atoms with Crippen LogP contribution in [0.1, 0.15) is 57.4 Å². The summed E-state index contributed by atoms with van der Waals surface area (Å²) < 4.78 is 19.1. The fourth-order valence-corrected chi connectivity index (χ4v) is 2.07. The molecule has 0 saturated heterocycles. The smallest absolute Gasteiger partial charge is 0.165 e. The Kier molecular flexibility index (Phi) is 9.32. The van der Waals surface area contributed by atoms with Crippen LogP contribution in [0, 0.1) is 17.7 Å². The molecule has 0 amide bonds. The van der Waals surface area contributed by atoms with E-state index in [0.29, 0.717) is 12.2 Å². The van der Waals surface area contributed by atoms with Crippen molar-refractivity contribution >= 4 is 0 Å². The van der Waals surface area contributed by atoms with Gasteiger partial charge in [0.2, 0.25) is 0 Å². The standard InChI is InChI=1S/C18H25FO2/c1-2-3-4-5-6-7-8-14-21-18-15-16(10-9-13-20)11-12-17(18)19/h11-12,15,20H,2-8,13-14H2,1H3. The van der Waals surface area contributed by atoms with Gasteiger partial charge in [-0.25, -0.2) is 4.39 Å². The highest BCUT2D eigenvalue weighted by atomic mass is 19.1. The molecule has 0 heterocycles. The van der Waals surface area contributed by atoms with Crippen LogP contribution in [-0.2, 0) is 0 Å². The van der Waals surface area contributed by atoms with Crippen LogP contribution >= 0.6 is 0 Å². The molecule has 116 valence electrons. The van der Waals surface area contributed by atoms with E-state index >= 15 is 0 Å². The van der Waals surface area contributed by atoms with E-state index in [2.05, 4.69) is 18.8 Å². The molecular formula is C18H25FO2. The van der Waals surface area contributed by atoms with Crippen LogP contribution in [-0.4, -0.2) is 18.3 Å². The van der Waals surface area contributed by atoms with E-state index in [4.69, 9.17) is 9.84 Å². The summed E-state index contributed by atoms with van der Waals surface area (Å²) in [6, 6.07) is 4.51. The Morgan fingerprint density at radius 1 is 1.10 bits per heavy atom. The van der Waals surface area contributed by atoms with Gasteiger partial charge >= 0.3 is 0 Å². The molecule has 1 aromatic carbocycles. The van der Waals surface area contributed by atoms with E-state index in [-0.39, 0.29) is 18.2 Å². The van der Waals surface area contributed by atoms with Gasteiger partial charge in [-0.05, 0) is 24.6 Å². The van der Waals surface area contributed by atoms with Crippen LogP contribution in [0.2, 0.25) is 0 Å². The van der Waals surface area contributed by atoms with Gasteiger partial charge in [0, 0.05) is 5.56 Å². The second-order valence-electron chi connectivity index (χ2n) is 5.07. The first kappa shape index (κ1) is 17.5. The van der Waals surface area contributed by atoms with Crippen molar-refractivity contribution in [3.8, 4) is 17.6 Å². The van der Waals surface area contributed by atoms with Crippen LogP contribution in [0.4, 0.5) is 4.39 Å². The average molecular weight is 292 g/mol. The van der Waals surface area contributed by atoms with E-state index in [1.54, 1.807) is 12.1 Å². The molecule has 0 unspecified atom stereocenters. The van der Waals surface area contributed by atoms with Crippen molar-refractivity contribution in [3.05, 3.63) is 29.6 Å². The number of aliphatic hydroxyl groups excluding tert-OH is 1. The van der Waals surface area contributed by atoms with Crippen LogP contribution in [0.5, 0.6) is 5.75 Å². The zero-order chi connectivity index (χ0) is 15.3. The van der Waals surface area contributed by atoms with Gasteiger partial charge in [0.15, 0.2) is 11.6 Å². The number of unbranched alkanes of at least 4 members (excludes halogenated alkanes) is 6. The maximum Gasteiger partial charge on any atom is 0.165 e. The fourth-order valence-electron chi connectivity index (χ4n) is 2.07. The summed E-state index contributed by atoms with van der Waals surface area (Å²) in [6.45, 7) is 2.54. The normalized spacial score (nSPS) is 10.0. The minimum atomic E-state index is -0.368. The molecule has 0 spiro atoms. The third kappa shape index (κ3) is 7.72. The van der Waals surface area contributed by atoms with Crippen LogP contribution in [0.15, 0.2) is 18.2 Å². The summed E-state index contributed by atoms with van der Waals surface area (Å²) in [5.41, 5.74) is 0.653. The summed E-state index contributed by atoms with van der Waals surface area (Å²) in [5.74, 6) is 5.16. The second kappa shape index (κ2) is 11.2. The van der Waals surface area contributed by atoms with Gasteiger partial charge in [-0.15, -0.1) is 0 Å². The first-order chi connectivity index (χ1) is 10.3. The van der Waals surface area contributed by atoms with E-state index in [1.165, 1.54) is 38.2 Å². The molecule has 2 nitrogen and oxygen atoms in total. The molecule has 0 bridgehead atoms. The summed E-state index contributed by atoms with van der Waals surface area (Å²) in [6.07, 6.45) is 8.43. The zero-order valence-electron chi connectivity index (χ0n) is 12.8. The molecule has 21 heavy (non-hydrogen) atoms. The number of rotatable bonds is 9. The number of hydrogen-bond donors (Lipinski definition) is 1. The predicted molar refractivity (Wildman–Crippen MR) is 83.9 cm³/mol. The summed E-state index contributed by atoms with van der Waals surface area (Å²) in [4.78, 5) is 0. The maximum absolute atomic E-state index is 13.6. The van der Waals surface area contributed by atoms with E-state index < -0.39 is 0 Å². The van der Waals surface area contributed by atoms with Crippen molar-refractivity contribution in [3.63, 3.8) is 0 Å². The minimum Gasteiger partial charge on any atom is -0.490 e. The molecule has 0 aliphatic rings. The number of aliphatic hydroxyl groups is 1. The van der Waals surface area contributed by atoms with Crippen molar-refractivity contribution in [1.29, 1.82) is 0 Å². The lowest BCUT2D eigenvalue weighted by molar-refractivity contribution is 0.290. The van der Waals surface area contributed by atoms with Gasteiger partial charge in [0.1, 0.15) is 6.61 Å². The van der Waals surface area contributed by atoms with Crippen molar-refractivity contribution < 1.29 is 14.2 Å². The molecule has 0 aliphatic heterocycles. The van der Waals surface area contributed by atoms with Gasteiger partial charge in [0.05, 0.1) is 6.61 Å². The first-order valence-electron chi connectivity index (χ1n) is 7.80. The molecule has 1 rings (SSSR count). The van der Waals surface area contributed by atoms with Crippen molar-refractivity contribution in [1.82, 2.24) is 0 Å². The Morgan fingerprint density at radius 3 is 2.52 bits per heavy atom. The fraction of sp³-hybridized carbons (Fsp3) is 0.556. The zero-order valence-corrected chi connectivity index (χ0v) is 12.8. The van der Waals surface area contributed by atoms with Crippen LogP contribution < -0.4 is 4.74 Å². The molecular weight excluding hydrogens is 267 g/mol. The molecule has 0 aromatic heterocycles. The van der Waals surface area contributed by atoms with Crippen molar-refractivity contribution in [2.75, 3.05) is 13.2 Å². The molecule has 0 radical (unpaired) electrons. The Morgan fingerprint density at radius 2 is 1.81 bits per heavy atom. The third-order valence-corrected chi connectivity index (χ3v) is 3.25. The average Bonchev–Trinajstić information content (AvgIpc) is 2.50. The topological polar surface area (TPSA) is 29.5 Å². The van der Waals surface area contributed by atoms with Gasteiger partial charge in [-0.1, -0.05) is 57.3 Å². The lowest BCUT2D eigenvalue weighted by Crippen LogP contribution is -1.99. The number of halogens is 1. The summed E-state index contributed by atoms with van der Waals surface area (Å²) in [7, 11) is 0. The number of benzene rings is 1. The lowest BCUT2D eigenvalue weighted by Gasteiger charge is -2.07. The Hall–Kier alpha value is -1.53. The van der Waals surface area contributed by atoms with Gasteiger partial charge in [-0.3, -0.25) is 0 Å². The predicted octanol–water partition coefficient (Wildman–Crippen LogP) is 4.30. The van der Waals surface area contributed by atoms with Crippen LogP contribution in [0.3, 0.4) is 0 Å². The Bertz CT molecular complexity index is 460. The quantitative estimate of drug-likeness (QED) is 0.543. The highest BCUT2D eigenvalue weighted by Crippen LogP contribution is 2.19. The van der Waals surface area contributed by atoms with Crippen LogP contribution in [0.25, 0.3) is 0 Å². The Labute approximate surface area is 127 Å². The summed E-state index contributed by atoms with van der Waals surface area (Å²) in [5, 5.41) is 8.65. The van der Waals surface area contributed by atoms with Gasteiger partial charge < -0.3 is 9.84 Å². The SMILES string of the molecule is CCCCCCCCCOc1cc(C#CCO)ccc1F. The largest absolute Gasteiger partial charge is 0.490 e. The van der Waals surface area contributed by atoms with E-state index in [1.807, 2.05) is 0 Å². The lowest BCUT2D eigenvalue weighted by atomic mass is 10.1. The maximum atomic E-state index is 13.6. The molecule has 0 fully saturated rings. The van der Waals surface area contributed by atoms with Crippen molar-refractivity contribution in [2.45, 2.75) is 51.9 Å². The molecule has 0 saturated carbocycles. The van der Waals surface area contributed by atoms with Gasteiger partial charge in [-0.2, -0.15) is 0 Å². The highest BCUT2D eigenvalue weighted by Gasteiger charge is 2.03. The molecule has 0 atom stereocenters. The summed E-state index contributed by atoms with van der Waals surface area (Å²) >= 11 is 0. The minimum absolute atomic E-state index is 0.203. The molecule has 1 N–H and O–H groups in total. The second-order valence-corrected chi connectivity index (χ2v) is 5.07. The number of hydrogen-bond acceptors (Lipinski definition) is 2. The van der Waals surface area contributed by atoms with Gasteiger partial charge in [0.25, 0.3) is 0 Å². The van der Waals surface area contributed by atoms with Crippen molar-refractivity contribution in [2.24, 2.45) is 0 Å².